The van der Waals surface area contributed by atoms with Gasteiger partial charge in [-0.1, -0.05) is 25.1 Å². The second-order valence-corrected chi connectivity index (χ2v) is 6.23. The zero-order chi connectivity index (χ0) is 13.2. The van der Waals surface area contributed by atoms with Crippen LogP contribution in [0.15, 0.2) is 41.4 Å². The smallest absolute Gasteiger partial charge is 0.181 e. The second-order valence-electron chi connectivity index (χ2n) is 4.23. The van der Waals surface area contributed by atoms with Crippen molar-refractivity contribution in [3.63, 3.8) is 0 Å². The zero-order valence-electron chi connectivity index (χ0n) is 9.91. The Morgan fingerprint density at radius 3 is 2.72 bits per heavy atom. The van der Waals surface area contributed by atoms with Crippen LogP contribution in [-0.4, -0.2) is 25.4 Å². The standard InChI is InChI=1S/C13H13NO3S/c1-10(8-15)9-18(16,17)12-6-2-4-11-5-3-7-14-13(11)12/h2-8,10H,9H2,1H3. The number of sulfone groups is 1. The van der Waals surface area contributed by atoms with Crippen molar-refractivity contribution < 1.29 is 13.2 Å². The molecule has 1 unspecified atom stereocenters. The fourth-order valence-corrected chi connectivity index (χ4v) is 3.50. The van der Waals surface area contributed by atoms with Gasteiger partial charge in [-0.25, -0.2) is 8.42 Å². The summed E-state index contributed by atoms with van der Waals surface area (Å²) < 4.78 is 24.4. The van der Waals surface area contributed by atoms with Crippen LogP contribution in [0.5, 0.6) is 0 Å². The van der Waals surface area contributed by atoms with Crippen LogP contribution in [-0.2, 0) is 14.6 Å². The first-order chi connectivity index (χ1) is 8.54. The Morgan fingerprint density at radius 1 is 1.28 bits per heavy atom. The first-order valence-corrected chi connectivity index (χ1v) is 7.21. The van der Waals surface area contributed by atoms with Crippen molar-refractivity contribution in [1.82, 2.24) is 4.98 Å². The number of para-hydroxylation sites is 1. The fourth-order valence-electron chi connectivity index (χ4n) is 1.80. The number of aromatic nitrogens is 1. The van der Waals surface area contributed by atoms with Crippen molar-refractivity contribution in [2.75, 3.05) is 5.75 Å². The minimum atomic E-state index is -3.49. The van der Waals surface area contributed by atoms with Gasteiger partial charge < -0.3 is 4.79 Å². The molecule has 0 radical (unpaired) electrons. The molecule has 0 amide bonds. The lowest BCUT2D eigenvalue weighted by Gasteiger charge is -2.08. The SMILES string of the molecule is CC(C=O)CS(=O)(=O)c1cccc2cccnc12. The Morgan fingerprint density at radius 2 is 2.00 bits per heavy atom. The van der Waals surface area contributed by atoms with Gasteiger partial charge in [0.15, 0.2) is 9.84 Å². The number of nitrogens with zero attached hydrogens (tertiary/aromatic N) is 1. The quantitative estimate of drug-likeness (QED) is 0.790. The van der Waals surface area contributed by atoms with E-state index >= 15 is 0 Å². The van der Waals surface area contributed by atoms with Crippen LogP contribution >= 0.6 is 0 Å². The Hall–Kier alpha value is -1.75. The highest BCUT2D eigenvalue weighted by Gasteiger charge is 2.21. The van der Waals surface area contributed by atoms with Crippen molar-refractivity contribution in [3.05, 3.63) is 36.5 Å². The van der Waals surface area contributed by atoms with Gasteiger partial charge in [-0.05, 0) is 12.1 Å². The van der Waals surface area contributed by atoms with Crippen LogP contribution in [0, 0.1) is 5.92 Å². The Kier molecular flexibility index (Phi) is 3.43. The number of carbonyl (C=O) groups is 1. The number of pyridine rings is 1. The number of benzene rings is 1. The molecule has 4 nitrogen and oxygen atoms in total. The molecule has 0 aliphatic rings. The molecule has 0 bridgehead atoms. The minimum absolute atomic E-state index is 0.188. The molecular formula is C13H13NO3S. The van der Waals surface area contributed by atoms with Gasteiger partial charge in [0.2, 0.25) is 0 Å². The molecule has 0 fully saturated rings. The molecule has 5 heteroatoms. The van der Waals surface area contributed by atoms with Crippen LogP contribution in [0.1, 0.15) is 6.92 Å². The summed E-state index contributed by atoms with van der Waals surface area (Å²) in [7, 11) is -3.49. The highest BCUT2D eigenvalue weighted by atomic mass is 32.2. The molecule has 1 atom stereocenters. The van der Waals surface area contributed by atoms with E-state index in [0.29, 0.717) is 11.8 Å². The molecular weight excluding hydrogens is 250 g/mol. The molecule has 2 rings (SSSR count). The van der Waals surface area contributed by atoms with Crippen molar-refractivity contribution in [1.29, 1.82) is 0 Å². The van der Waals surface area contributed by atoms with Crippen LogP contribution in [0.4, 0.5) is 0 Å². The molecule has 0 saturated heterocycles. The van der Waals surface area contributed by atoms with E-state index in [0.717, 1.165) is 5.39 Å². The number of rotatable bonds is 4. The number of aldehydes is 1. The molecule has 94 valence electrons. The summed E-state index contributed by atoms with van der Waals surface area (Å²) in [6.45, 7) is 1.59. The van der Waals surface area contributed by atoms with Gasteiger partial charge in [0.05, 0.1) is 16.2 Å². The van der Waals surface area contributed by atoms with E-state index in [-0.39, 0.29) is 10.6 Å². The van der Waals surface area contributed by atoms with Gasteiger partial charge in [-0.15, -0.1) is 0 Å². The van der Waals surface area contributed by atoms with Gasteiger partial charge >= 0.3 is 0 Å². The largest absolute Gasteiger partial charge is 0.303 e. The maximum atomic E-state index is 12.2. The summed E-state index contributed by atoms with van der Waals surface area (Å²) in [6.07, 6.45) is 2.21. The monoisotopic (exact) mass is 263 g/mol. The molecule has 1 aromatic heterocycles. The topological polar surface area (TPSA) is 64.1 Å². The maximum absolute atomic E-state index is 12.2. The van der Waals surface area contributed by atoms with Crippen molar-refractivity contribution in [3.8, 4) is 0 Å². The van der Waals surface area contributed by atoms with Gasteiger partial charge in [0.1, 0.15) is 6.29 Å². The lowest BCUT2D eigenvalue weighted by molar-refractivity contribution is -0.110. The summed E-state index contributed by atoms with van der Waals surface area (Å²) in [5.74, 6) is -0.708. The zero-order valence-corrected chi connectivity index (χ0v) is 10.7. The summed E-state index contributed by atoms with van der Waals surface area (Å²) in [6, 6.07) is 8.59. The molecule has 0 N–H and O–H groups in total. The van der Waals surface area contributed by atoms with Gasteiger partial charge in [-0.2, -0.15) is 0 Å². The predicted octanol–water partition coefficient (Wildman–Crippen LogP) is 1.84. The van der Waals surface area contributed by atoms with Gasteiger partial charge in [0.25, 0.3) is 0 Å². The van der Waals surface area contributed by atoms with Crippen molar-refractivity contribution in [2.45, 2.75) is 11.8 Å². The van der Waals surface area contributed by atoms with Crippen molar-refractivity contribution in [2.24, 2.45) is 5.92 Å². The Bertz CT molecular complexity index is 674. The van der Waals surface area contributed by atoms with E-state index < -0.39 is 15.8 Å². The molecule has 0 aliphatic heterocycles. The van der Waals surface area contributed by atoms with E-state index in [1.54, 1.807) is 25.3 Å². The van der Waals surface area contributed by atoms with Gasteiger partial charge in [0, 0.05) is 17.5 Å². The maximum Gasteiger partial charge on any atom is 0.181 e. The molecule has 1 aromatic carbocycles. The number of carbonyl (C=O) groups excluding carboxylic acids is 1. The molecule has 0 aliphatic carbocycles. The van der Waals surface area contributed by atoms with E-state index in [9.17, 15) is 13.2 Å². The average Bonchev–Trinajstić information content (AvgIpc) is 2.37. The number of hydrogen-bond acceptors (Lipinski definition) is 4. The van der Waals surface area contributed by atoms with Crippen LogP contribution in [0.2, 0.25) is 0 Å². The average molecular weight is 263 g/mol. The summed E-state index contributed by atoms with van der Waals surface area (Å²) >= 11 is 0. The summed E-state index contributed by atoms with van der Waals surface area (Å²) in [4.78, 5) is 14.9. The molecule has 0 saturated carbocycles. The first-order valence-electron chi connectivity index (χ1n) is 5.56. The van der Waals surface area contributed by atoms with Crippen LogP contribution in [0.25, 0.3) is 10.9 Å². The third-order valence-corrected chi connectivity index (χ3v) is 4.61. The molecule has 0 spiro atoms. The molecule has 1 heterocycles. The number of fused-ring (bicyclic) bond motifs is 1. The number of hydrogen-bond donors (Lipinski definition) is 0. The van der Waals surface area contributed by atoms with Crippen LogP contribution in [0.3, 0.4) is 0 Å². The van der Waals surface area contributed by atoms with E-state index in [1.807, 2.05) is 12.1 Å². The normalized spacial score (nSPS) is 13.4. The highest BCUT2D eigenvalue weighted by Crippen LogP contribution is 2.22. The summed E-state index contributed by atoms with van der Waals surface area (Å²) in [5, 5.41) is 0.775. The highest BCUT2D eigenvalue weighted by molar-refractivity contribution is 7.91. The van der Waals surface area contributed by atoms with Crippen molar-refractivity contribution >= 4 is 27.0 Å². The third kappa shape index (κ3) is 2.41. The van der Waals surface area contributed by atoms with E-state index in [1.165, 1.54) is 6.07 Å². The third-order valence-electron chi connectivity index (χ3n) is 2.65. The van der Waals surface area contributed by atoms with E-state index in [4.69, 9.17) is 0 Å². The minimum Gasteiger partial charge on any atom is -0.303 e. The molecule has 18 heavy (non-hydrogen) atoms. The second kappa shape index (κ2) is 4.86. The Labute approximate surface area is 106 Å². The van der Waals surface area contributed by atoms with E-state index in [2.05, 4.69) is 4.98 Å². The van der Waals surface area contributed by atoms with Gasteiger partial charge in [-0.3, -0.25) is 4.98 Å². The lowest BCUT2D eigenvalue weighted by atomic mass is 10.2. The lowest BCUT2D eigenvalue weighted by Crippen LogP contribution is -2.15. The fraction of sp³-hybridized carbons (Fsp3) is 0.231. The Balaban J connectivity index is 2.57. The first kappa shape index (κ1) is 12.7. The molecule has 2 aromatic rings. The predicted molar refractivity (Wildman–Crippen MR) is 69.0 cm³/mol. The summed E-state index contributed by atoms with van der Waals surface area (Å²) in [5.41, 5.74) is 0.457. The van der Waals surface area contributed by atoms with Crippen LogP contribution < -0.4 is 0 Å².